The predicted octanol–water partition coefficient (Wildman–Crippen LogP) is -0.993. The standard InChI is InChI=1S/C9H19NO4/c1-2-9(14)10-5-7(12)3-4-8(13)6-11/h7-8,11-13H,2-6H2,1H3,(H,10,14)/t7-,8-/m0/s1. The number of nitrogens with one attached hydrogen (secondary N) is 1. The van der Waals surface area contributed by atoms with E-state index in [4.69, 9.17) is 10.2 Å². The Morgan fingerprint density at radius 2 is 1.86 bits per heavy atom. The number of rotatable bonds is 7. The number of aliphatic hydroxyl groups excluding tert-OH is 3. The Morgan fingerprint density at radius 3 is 2.36 bits per heavy atom. The van der Waals surface area contributed by atoms with Crippen LogP contribution in [0.25, 0.3) is 0 Å². The fourth-order valence-corrected chi connectivity index (χ4v) is 0.935. The number of aliphatic hydroxyl groups is 3. The molecule has 0 bridgehead atoms. The maximum absolute atomic E-state index is 10.8. The van der Waals surface area contributed by atoms with E-state index >= 15 is 0 Å². The molecule has 0 fully saturated rings. The number of hydrogen-bond donors (Lipinski definition) is 4. The van der Waals surface area contributed by atoms with Crippen LogP contribution < -0.4 is 5.32 Å². The van der Waals surface area contributed by atoms with Crippen molar-refractivity contribution >= 4 is 5.91 Å². The van der Waals surface area contributed by atoms with Gasteiger partial charge in [0.1, 0.15) is 0 Å². The van der Waals surface area contributed by atoms with Gasteiger partial charge in [0, 0.05) is 13.0 Å². The summed E-state index contributed by atoms with van der Waals surface area (Å²) in [5, 5.41) is 29.4. The molecule has 0 saturated carbocycles. The van der Waals surface area contributed by atoms with Gasteiger partial charge in [0.05, 0.1) is 18.8 Å². The van der Waals surface area contributed by atoms with E-state index in [1.165, 1.54) is 0 Å². The Balaban J connectivity index is 3.45. The summed E-state index contributed by atoms with van der Waals surface area (Å²) in [4.78, 5) is 10.8. The Bertz CT molecular complexity index is 163. The van der Waals surface area contributed by atoms with Gasteiger partial charge >= 0.3 is 0 Å². The minimum atomic E-state index is -0.786. The molecule has 0 aliphatic carbocycles. The summed E-state index contributed by atoms with van der Waals surface area (Å²) in [6.45, 7) is 1.64. The molecule has 0 radical (unpaired) electrons. The Hall–Kier alpha value is -0.650. The van der Waals surface area contributed by atoms with Crippen molar-refractivity contribution in [2.24, 2.45) is 0 Å². The van der Waals surface area contributed by atoms with Crippen LogP contribution in [-0.2, 0) is 4.79 Å². The molecule has 5 nitrogen and oxygen atoms in total. The molecule has 0 aromatic heterocycles. The molecule has 0 unspecified atom stereocenters. The van der Waals surface area contributed by atoms with Gasteiger partial charge in [0.25, 0.3) is 0 Å². The number of carbonyl (C=O) groups excluding carboxylic acids is 1. The van der Waals surface area contributed by atoms with Crippen LogP contribution in [-0.4, -0.2) is 46.6 Å². The molecule has 0 aliphatic heterocycles. The zero-order valence-corrected chi connectivity index (χ0v) is 8.44. The lowest BCUT2D eigenvalue weighted by Crippen LogP contribution is -2.32. The third-order valence-corrected chi connectivity index (χ3v) is 1.90. The first kappa shape index (κ1) is 13.4. The van der Waals surface area contributed by atoms with E-state index in [1.54, 1.807) is 6.92 Å². The van der Waals surface area contributed by atoms with E-state index in [2.05, 4.69) is 5.32 Å². The van der Waals surface area contributed by atoms with E-state index < -0.39 is 12.2 Å². The molecule has 5 heteroatoms. The van der Waals surface area contributed by atoms with Crippen molar-refractivity contribution in [1.29, 1.82) is 0 Å². The molecular formula is C9H19NO4. The normalized spacial score (nSPS) is 14.9. The molecule has 84 valence electrons. The minimum Gasteiger partial charge on any atom is -0.394 e. The second kappa shape index (κ2) is 7.73. The second-order valence-corrected chi connectivity index (χ2v) is 3.23. The molecule has 0 spiro atoms. The average molecular weight is 205 g/mol. The lowest BCUT2D eigenvalue weighted by molar-refractivity contribution is -0.121. The van der Waals surface area contributed by atoms with Crippen molar-refractivity contribution in [3.63, 3.8) is 0 Å². The second-order valence-electron chi connectivity index (χ2n) is 3.23. The van der Waals surface area contributed by atoms with E-state index in [0.717, 1.165) is 0 Å². The first-order valence-corrected chi connectivity index (χ1v) is 4.83. The molecule has 0 aromatic rings. The van der Waals surface area contributed by atoms with Gasteiger partial charge in [-0.15, -0.1) is 0 Å². The number of carbonyl (C=O) groups is 1. The summed E-state index contributed by atoms with van der Waals surface area (Å²) in [6, 6.07) is 0. The fourth-order valence-electron chi connectivity index (χ4n) is 0.935. The first-order valence-electron chi connectivity index (χ1n) is 4.83. The van der Waals surface area contributed by atoms with E-state index in [9.17, 15) is 9.90 Å². The SMILES string of the molecule is CCC(=O)NC[C@@H](O)CC[C@H](O)CO. The van der Waals surface area contributed by atoms with Crippen LogP contribution in [0.1, 0.15) is 26.2 Å². The highest BCUT2D eigenvalue weighted by atomic mass is 16.3. The topological polar surface area (TPSA) is 89.8 Å². The number of amides is 1. The summed E-state index contributed by atoms with van der Waals surface area (Å²) in [5.74, 6) is -0.105. The Kier molecular flexibility index (Phi) is 7.37. The summed E-state index contributed by atoms with van der Waals surface area (Å²) in [6.07, 6.45) is -0.351. The summed E-state index contributed by atoms with van der Waals surface area (Å²) >= 11 is 0. The zero-order chi connectivity index (χ0) is 11.0. The third kappa shape index (κ3) is 6.82. The van der Waals surface area contributed by atoms with E-state index in [0.29, 0.717) is 19.3 Å². The molecule has 4 N–H and O–H groups in total. The quantitative estimate of drug-likeness (QED) is 0.429. The molecule has 0 rings (SSSR count). The van der Waals surface area contributed by atoms with Crippen molar-refractivity contribution in [3.05, 3.63) is 0 Å². The lowest BCUT2D eigenvalue weighted by Gasteiger charge is -2.13. The van der Waals surface area contributed by atoms with Crippen molar-refractivity contribution in [1.82, 2.24) is 5.32 Å². The van der Waals surface area contributed by atoms with Crippen molar-refractivity contribution in [3.8, 4) is 0 Å². The van der Waals surface area contributed by atoms with Crippen molar-refractivity contribution in [2.45, 2.75) is 38.4 Å². The van der Waals surface area contributed by atoms with Gasteiger partial charge in [-0.2, -0.15) is 0 Å². The van der Waals surface area contributed by atoms with Crippen LogP contribution in [0, 0.1) is 0 Å². The van der Waals surface area contributed by atoms with Gasteiger partial charge in [0.2, 0.25) is 5.91 Å². The van der Waals surface area contributed by atoms with Gasteiger partial charge in [-0.05, 0) is 12.8 Å². The van der Waals surface area contributed by atoms with Crippen LogP contribution in [0.4, 0.5) is 0 Å². The maximum atomic E-state index is 10.8. The average Bonchev–Trinajstić information content (AvgIpc) is 2.22. The summed E-state index contributed by atoms with van der Waals surface area (Å²) in [5.41, 5.74) is 0. The molecule has 2 atom stereocenters. The van der Waals surface area contributed by atoms with Crippen LogP contribution in [0.5, 0.6) is 0 Å². The van der Waals surface area contributed by atoms with Gasteiger partial charge < -0.3 is 20.6 Å². The van der Waals surface area contributed by atoms with Crippen molar-refractivity contribution in [2.75, 3.05) is 13.2 Å². The molecule has 0 heterocycles. The number of hydrogen-bond acceptors (Lipinski definition) is 4. The summed E-state index contributed by atoms with van der Waals surface area (Å²) in [7, 11) is 0. The highest BCUT2D eigenvalue weighted by Gasteiger charge is 2.09. The van der Waals surface area contributed by atoms with Gasteiger partial charge in [-0.1, -0.05) is 6.92 Å². The largest absolute Gasteiger partial charge is 0.394 e. The maximum Gasteiger partial charge on any atom is 0.219 e. The van der Waals surface area contributed by atoms with Gasteiger partial charge in [-0.25, -0.2) is 0 Å². The first-order chi connectivity index (χ1) is 6.60. The Labute approximate surface area is 83.8 Å². The summed E-state index contributed by atoms with van der Waals surface area (Å²) < 4.78 is 0. The third-order valence-electron chi connectivity index (χ3n) is 1.90. The van der Waals surface area contributed by atoms with Gasteiger partial charge in [0.15, 0.2) is 0 Å². The lowest BCUT2D eigenvalue weighted by atomic mass is 10.1. The molecule has 0 aliphatic rings. The highest BCUT2D eigenvalue weighted by Crippen LogP contribution is 2.00. The van der Waals surface area contributed by atoms with Crippen molar-refractivity contribution < 1.29 is 20.1 Å². The smallest absolute Gasteiger partial charge is 0.219 e. The Morgan fingerprint density at radius 1 is 1.29 bits per heavy atom. The van der Waals surface area contributed by atoms with Gasteiger partial charge in [-0.3, -0.25) is 4.79 Å². The highest BCUT2D eigenvalue weighted by molar-refractivity contribution is 5.75. The van der Waals surface area contributed by atoms with Crippen LogP contribution in [0.2, 0.25) is 0 Å². The predicted molar refractivity (Wildman–Crippen MR) is 51.6 cm³/mol. The molecular weight excluding hydrogens is 186 g/mol. The zero-order valence-electron chi connectivity index (χ0n) is 8.44. The molecule has 0 aromatic carbocycles. The van der Waals surface area contributed by atoms with E-state index in [-0.39, 0.29) is 19.1 Å². The minimum absolute atomic E-state index is 0.105. The van der Waals surface area contributed by atoms with E-state index in [1.807, 2.05) is 0 Å². The molecule has 0 saturated heterocycles. The molecule has 14 heavy (non-hydrogen) atoms. The monoisotopic (exact) mass is 205 g/mol. The van der Waals surface area contributed by atoms with Crippen LogP contribution in [0.3, 0.4) is 0 Å². The molecule has 1 amide bonds. The van der Waals surface area contributed by atoms with Crippen LogP contribution in [0.15, 0.2) is 0 Å². The van der Waals surface area contributed by atoms with Crippen LogP contribution >= 0.6 is 0 Å². The fraction of sp³-hybridized carbons (Fsp3) is 0.889.